The monoisotopic (exact) mass is 483 g/mol. The number of sulfone groups is 1. The summed E-state index contributed by atoms with van der Waals surface area (Å²) < 4.78 is 53.9. The largest absolute Gasteiger partial charge is 0.240 e. The molecule has 3 aromatic rings. The highest BCUT2D eigenvalue weighted by Crippen LogP contribution is 2.26. The molecule has 0 atom stereocenters. The smallest absolute Gasteiger partial charge is 0.219 e. The number of aryl methyl sites for hydroxylation is 1. The molecule has 0 unspecified atom stereocenters. The van der Waals surface area contributed by atoms with E-state index in [0.717, 1.165) is 5.56 Å². The zero-order valence-corrected chi connectivity index (χ0v) is 19.1. The Morgan fingerprint density at radius 1 is 0.833 bits per heavy atom. The van der Waals surface area contributed by atoms with Crippen LogP contribution in [-0.4, -0.2) is 23.4 Å². The van der Waals surface area contributed by atoms with Gasteiger partial charge in [-0.2, -0.15) is 0 Å². The van der Waals surface area contributed by atoms with Gasteiger partial charge in [0.25, 0.3) is 0 Å². The summed E-state index contributed by atoms with van der Waals surface area (Å²) in [5.41, 5.74) is 1.19. The van der Waals surface area contributed by atoms with Crippen molar-refractivity contribution in [3.05, 3.63) is 87.9 Å². The number of hydrogen-bond donors (Lipinski definition) is 1. The van der Waals surface area contributed by atoms with Crippen LogP contribution in [0.15, 0.2) is 81.4 Å². The van der Waals surface area contributed by atoms with Crippen LogP contribution in [0.1, 0.15) is 11.1 Å². The van der Waals surface area contributed by atoms with Crippen LogP contribution in [0.25, 0.3) is 0 Å². The van der Waals surface area contributed by atoms with Crippen LogP contribution in [-0.2, 0) is 26.3 Å². The number of benzene rings is 3. The number of hydrogen-bond acceptors (Lipinski definition) is 4. The van der Waals surface area contributed by atoms with E-state index >= 15 is 0 Å². The molecule has 0 radical (unpaired) electrons. The number of sulfonamides is 1. The highest BCUT2D eigenvalue weighted by molar-refractivity contribution is 7.91. The maximum absolute atomic E-state index is 12.8. The van der Waals surface area contributed by atoms with Crippen molar-refractivity contribution in [2.75, 3.05) is 6.54 Å². The maximum Gasteiger partial charge on any atom is 0.240 e. The van der Waals surface area contributed by atoms with Crippen molar-refractivity contribution < 1.29 is 16.8 Å². The maximum atomic E-state index is 12.8. The van der Waals surface area contributed by atoms with Gasteiger partial charge < -0.3 is 0 Å². The molecule has 0 aromatic heterocycles. The fourth-order valence-corrected chi connectivity index (χ4v) is 6.08. The van der Waals surface area contributed by atoms with Crippen LogP contribution in [0.2, 0.25) is 10.0 Å². The molecule has 0 aliphatic rings. The quantitative estimate of drug-likeness (QED) is 0.529. The molecule has 30 heavy (non-hydrogen) atoms. The first-order valence-corrected chi connectivity index (χ1v) is 12.7. The van der Waals surface area contributed by atoms with Gasteiger partial charge in [0.2, 0.25) is 19.9 Å². The fraction of sp³-hybridized carbons (Fsp3) is 0.143. The van der Waals surface area contributed by atoms with E-state index in [1.54, 1.807) is 43.3 Å². The molecule has 0 saturated carbocycles. The van der Waals surface area contributed by atoms with Crippen LogP contribution in [0.4, 0.5) is 0 Å². The van der Waals surface area contributed by atoms with E-state index in [1.165, 1.54) is 30.3 Å². The first-order valence-electron chi connectivity index (χ1n) is 8.95. The zero-order valence-electron chi connectivity index (χ0n) is 16.0. The van der Waals surface area contributed by atoms with E-state index in [0.29, 0.717) is 22.0 Å². The second-order valence-electron chi connectivity index (χ2n) is 6.63. The van der Waals surface area contributed by atoms with E-state index in [9.17, 15) is 16.8 Å². The van der Waals surface area contributed by atoms with E-state index in [4.69, 9.17) is 23.2 Å². The third-order valence-electron chi connectivity index (χ3n) is 4.51. The lowest BCUT2D eigenvalue weighted by molar-refractivity contribution is 0.580. The van der Waals surface area contributed by atoms with Crippen LogP contribution >= 0.6 is 23.2 Å². The standard InChI is InChI=1S/C21H19Cl2NO4S2/c1-15-7-10-19(29(25,26)18-5-3-2-4-6-18)14-21(15)30(27,28)24-12-11-16-8-9-17(22)13-20(16)23/h2-10,13-14,24H,11-12H2,1H3. The second kappa shape index (κ2) is 9.08. The lowest BCUT2D eigenvalue weighted by Crippen LogP contribution is -2.27. The molecule has 0 amide bonds. The van der Waals surface area contributed by atoms with Crippen molar-refractivity contribution in [3.8, 4) is 0 Å². The molecule has 0 aliphatic heterocycles. The van der Waals surface area contributed by atoms with Crippen molar-refractivity contribution in [2.24, 2.45) is 0 Å². The average molecular weight is 484 g/mol. The minimum absolute atomic E-state index is 0.0818. The molecule has 3 aromatic carbocycles. The number of rotatable bonds is 7. The van der Waals surface area contributed by atoms with Gasteiger partial charge >= 0.3 is 0 Å². The Morgan fingerprint density at radius 2 is 1.53 bits per heavy atom. The third-order valence-corrected chi connectivity index (χ3v) is 8.47. The molecular formula is C21H19Cl2NO4S2. The fourth-order valence-electron chi connectivity index (χ4n) is 2.90. The van der Waals surface area contributed by atoms with Gasteiger partial charge in [-0.1, -0.05) is 53.5 Å². The van der Waals surface area contributed by atoms with Crippen LogP contribution in [0.5, 0.6) is 0 Å². The van der Waals surface area contributed by atoms with E-state index in [-0.39, 0.29) is 21.2 Å². The second-order valence-corrected chi connectivity index (χ2v) is 11.2. The Labute approximate surface area is 186 Å². The summed E-state index contributed by atoms with van der Waals surface area (Å²) in [6.45, 7) is 1.71. The van der Waals surface area contributed by atoms with Gasteiger partial charge in [-0.25, -0.2) is 21.6 Å². The minimum Gasteiger partial charge on any atom is -0.219 e. The lowest BCUT2D eigenvalue weighted by Gasteiger charge is -2.12. The molecule has 0 heterocycles. The first kappa shape index (κ1) is 22.8. The highest BCUT2D eigenvalue weighted by atomic mass is 35.5. The molecule has 0 bridgehead atoms. The third kappa shape index (κ3) is 5.04. The van der Waals surface area contributed by atoms with Gasteiger partial charge in [0, 0.05) is 16.6 Å². The van der Waals surface area contributed by atoms with Crippen molar-refractivity contribution in [2.45, 2.75) is 28.0 Å². The molecule has 158 valence electrons. The molecule has 9 heteroatoms. The normalized spacial score (nSPS) is 12.1. The van der Waals surface area contributed by atoms with Gasteiger partial charge in [-0.3, -0.25) is 0 Å². The van der Waals surface area contributed by atoms with Crippen molar-refractivity contribution in [3.63, 3.8) is 0 Å². The molecule has 0 saturated heterocycles. The summed E-state index contributed by atoms with van der Waals surface area (Å²) in [6, 6.07) is 17.0. The Hall–Kier alpha value is -1.90. The van der Waals surface area contributed by atoms with Crippen LogP contribution in [0.3, 0.4) is 0 Å². The SMILES string of the molecule is Cc1ccc(S(=O)(=O)c2ccccc2)cc1S(=O)(=O)NCCc1ccc(Cl)cc1Cl. The van der Waals surface area contributed by atoms with Gasteiger partial charge in [-0.05, 0) is 60.9 Å². The van der Waals surface area contributed by atoms with Gasteiger partial charge in [0.05, 0.1) is 14.7 Å². The summed E-state index contributed by atoms with van der Waals surface area (Å²) in [5.74, 6) is 0. The topological polar surface area (TPSA) is 80.3 Å². The summed E-state index contributed by atoms with van der Waals surface area (Å²) in [6.07, 6.45) is 0.357. The van der Waals surface area contributed by atoms with E-state index in [2.05, 4.69) is 4.72 Å². The minimum atomic E-state index is -3.93. The number of nitrogens with one attached hydrogen (secondary N) is 1. The van der Waals surface area contributed by atoms with E-state index < -0.39 is 19.9 Å². The van der Waals surface area contributed by atoms with Crippen molar-refractivity contribution in [1.82, 2.24) is 4.72 Å². The van der Waals surface area contributed by atoms with Crippen molar-refractivity contribution in [1.29, 1.82) is 0 Å². The van der Waals surface area contributed by atoms with E-state index in [1.807, 2.05) is 0 Å². The predicted octanol–water partition coefficient (Wildman–Crippen LogP) is 4.66. The first-order chi connectivity index (χ1) is 14.1. The van der Waals surface area contributed by atoms with Gasteiger partial charge in [0.1, 0.15) is 0 Å². The van der Waals surface area contributed by atoms with Gasteiger partial charge in [0.15, 0.2) is 0 Å². The molecular weight excluding hydrogens is 465 g/mol. The summed E-state index contributed by atoms with van der Waals surface area (Å²) in [5, 5.41) is 0.949. The number of halogens is 2. The zero-order chi connectivity index (χ0) is 21.9. The average Bonchev–Trinajstić information content (AvgIpc) is 2.70. The van der Waals surface area contributed by atoms with Crippen molar-refractivity contribution >= 4 is 43.1 Å². The molecule has 0 aliphatic carbocycles. The highest BCUT2D eigenvalue weighted by Gasteiger charge is 2.23. The molecule has 0 spiro atoms. The summed E-state index contributed by atoms with van der Waals surface area (Å²) >= 11 is 12.0. The molecule has 3 rings (SSSR count). The summed E-state index contributed by atoms with van der Waals surface area (Å²) in [7, 11) is -7.76. The Balaban J connectivity index is 1.84. The van der Waals surface area contributed by atoms with Crippen LogP contribution < -0.4 is 4.72 Å². The Bertz CT molecular complexity index is 1280. The molecule has 1 N–H and O–H groups in total. The lowest BCUT2D eigenvalue weighted by atomic mass is 10.1. The predicted molar refractivity (Wildman–Crippen MR) is 118 cm³/mol. The Kier molecular flexibility index (Phi) is 6.89. The van der Waals surface area contributed by atoms with Crippen LogP contribution in [0, 0.1) is 6.92 Å². The molecule has 0 fully saturated rings. The van der Waals surface area contributed by atoms with Gasteiger partial charge in [-0.15, -0.1) is 0 Å². The summed E-state index contributed by atoms with van der Waals surface area (Å²) in [4.78, 5) is -0.0651. The molecule has 5 nitrogen and oxygen atoms in total. The Morgan fingerprint density at radius 3 is 2.20 bits per heavy atom.